The molecule has 1 saturated carbocycles. The lowest BCUT2D eigenvalue weighted by atomic mass is 9.90. The number of rotatable bonds is 5. The summed E-state index contributed by atoms with van der Waals surface area (Å²) in [4.78, 5) is 15.5. The Morgan fingerprint density at radius 2 is 1.76 bits per heavy atom. The van der Waals surface area contributed by atoms with Gasteiger partial charge in [-0.15, -0.1) is 0 Å². The zero-order chi connectivity index (χ0) is 12.8. The molecule has 0 atom stereocenters. The van der Waals surface area contributed by atoms with Crippen molar-refractivity contribution in [3.63, 3.8) is 0 Å². The SMILES string of the molecule is CCNC1CCC(N(C)CC(=O)N(C)C)CC1. The maximum Gasteiger partial charge on any atom is 0.236 e. The van der Waals surface area contributed by atoms with Gasteiger partial charge in [-0.3, -0.25) is 9.69 Å². The molecule has 0 unspecified atom stereocenters. The Morgan fingerprint density at radius 1 is 1.18 bits per heavy atom. The van der Waals surface area contributed by atoms with Gasteiger partial charge in [-0.1, -0.05) is 6.92 Å². The highest BCUT2D eigenvalue weighted by atomic mass is 16.2. The van der Waals surface area contributed by atoms with Crippen LogP contribution in [0, 0.1) is 0 Å². The first-order chi connectivity index (χ1) is 8.04. The fraction of sp³-hybridized carbons (Fsp3) is 0.923. The highest BCUT2D eigenvalue weighted by Crippen LogP contribution is 2.22. The summed E-state index contributed by atoms with van der Waals surface area (Å²) in [5, 5.41) is 3.51. The minimum Gasteiger partial charge on any atom is -0.348 e. The van der Waals surface area contributed by atoms with E-state index in [9.17, 15) is 4.79 Å². The fourth-order valence-electron chi connectivity index (χ4n) is 2.49. The van der Waals surface area contributed by atoms with E-state index < -0.39 is 0 Å². The number of likely N-dealkylation sites (N-methyl/N-ethyl adjacent to an activating group) is 2. The van der Waals surface area contributed by atoms with E-state index >= 15 is 0 Å². The van der Waals surface area contributed by atoms with Crippen molar-refractivity contribution in [1.29, 1.82) is 0 Å². The Morgan fingerprint density at radius 3 is 2.24 bits per heavy atom. The van der Waals surface area contributed by atoms with Crippen molar-refractivity contribution in [3.8, 4) is 0 Å². The Balaban J connectivity index is 2.30. The third-order valence-electron chi connectivity index (χ3n) is 3.70. The highest BCUT2D eigenvalue weighted by molar-refractivity contribution is 5.77. The summed E-state index contributed by atoms with van der Waals surface area (Å²) in [6.07, 6.45) is 4.88. The first-order valence-electron chi connectivity index (χ1n) is 6.68. The maximum atomic E-state index is 11.6. The quantitative estimate of drug-likeness (QED) is 0.778. The van der Waals surface area contributed by atoms with Crippen LogP contribution in [0.1, 0.15) is 32.6 Å². The summed E-state index contributed by atoms with van der Waals surface area (Å²) in [7, 11) is 5.70. The van der Waals surface area contributed by atoms with E-state index in [0.29, 0.717) is 18.6 Å². The van der Waals surface area contributed by atoms with Crippen LogP contribution in [0.25, 0.3) is 0 Å². The van der Waals surface area contributed by atoms with Gasteiger partial charge in [-0.2, -0.15) is 0 Å². The van der Waals surface area contributed by atoms with Crippen molar-refractivity contribution in [2.75, 3.05) is 34.2 Å². The first kappa shape index (κ1) is 14.5. The Labute approximate surface area is 105 Å². The van der Waals surface area contributed by atoms with Gasteiger partial charge in [0.25, 0.3) is 0 Å². The normalized spacial score (nSPS) is 25.0. The van der Waals surface area contributed by atoms with E-state index in [4.69, 9.17) is 0 Å². The highest BCUT2D eigenvalue weighted by Gasteiger charge is 2.24. The van der Waals surface area contributed by atoms with E-state index in [-0.39, 0.29) is 5.91 Å². The van der Waals surface area contributed by atoms with Crippen LogP contribution in [0.15, 0.2) is 0 Å². The van der Waals surface area contributed by atoms with Gasteiger partial charge in [-0.25, -0.2) is 0 Å². The average Bonchev–Trinajstić information content (AvgIpc) is 2.30. The predicted molar refractivity (Wildman–Crippen MR) is 71.0 cm³/mol. The van der Waals surface area contributed by atoms with Crippen LogP contribution in [0.3, 0.4) is 0 Å². The summed E-state index contributed by atoms with van der Waals surface area (Å²) in [6.45, 7) is 3.77. The number of nitrogens with one attached hydrogen (secondary N) is 1. The molecule has 1 aliphatic carbocycles. The van der Waals surface area contributed by atoms with E-state index in [2.05, 4.69) is 24.2 Å². The largest absolute Gasteiger partial charge is 0.348 e. The van der Waals surface area contributed by atoms with Crippen molar-refractivity contribution in [3.05, 3.63) is 0 Å². The molecule has 100 valence electrons. The zero-order valence-electron chi connectivity index (χ0n) is 11.7. The van der Waals surface area contributed by atoms with Gasteiger partial charge in [0, 0.05) is 26.2 Å². The Bertz CT molecular complexity index is 235. The zero-order valence-corrected chi connectivity index (χ0v) is 11.7. The van der Waals surface area contributed by atoms with Crippen molar-refractivity contribution in [2.45, 2.75) is 44.7 Å². The lowest BCUT2D eigenvalue weighted by Gasteiger charge is -2.35. The van der Waals surface area contributed by atoms with Gasteiger partial charge < -0.3 is 10.2 Å². The smallest absolute Gasteiger partial charge is 0.236 e. The molecule has 0 aromatic heterocycles. The number of carbonyl (C=O) groups excluding carboxylic acids is 1. The van der Waals surface area contributed by atoms with Gasteiger partial charge in [-0.05, 0) is 39.3 Å². The minimum absolute atomic E-state index is 0.196. The van der Waals surface area contributed by atoms with Gasteiger partial charge >= 0.3 is 0 Å². The average molecular weight is 241 g/mol. The molecule has 1 N–H and O–H groups in total. The second-order valence-electron chi connectivity index (χ2n) is 5.27. The molecule has 4 nitrogen and oxygen atoms in total. The van der Waals surface area contributed by atoms with Crippen LogP contribution in [0.2, 0.25) is 0 Å². The molecule has 0 spiro atoms. The van der Waals surface area contributed by atoms with E-state index in [1.54, 1.807) is 4.90 Å². The molecular formula is C13H27N3O. The monoisotopic (exact) mass is 241 g/mol. The number of hydrogen-bond acceptors (Lipinski definition) is 3. The Kier molecular flexibility index (Phi) is 5.92. The van der Waals surface area contributed by atoms with Gasteiger partial charge in [0.15, 0.2) is 0 Å². The van der Waals surface area contributed by atoms with E-state index in [0.717, 1.165) is 6.54 Å². The van der Waals surface area contributed by atoms with Crippen molar-refractivity contribution in [2.24, 2.45) is 0 Å². The number of amides is 1. The second kappa shape index (κ2) is 6.97. The maximum absolute atomic E-state index is 11.6. The molecule has 1 aliphatic rings. The lowest BCUT2D eigenvalue weighted by Crippen LogP contribution is -2.44. The standard InChI is InChI=1S/C13H27N3O/c1-5-14-11-6-8-12(9-7-11)16(4)10-13(17)15(2)3/h11-12,14H,5-10H2,1-4H3. The summed E-state index contributed by atoms with van der Waals surface area (Å²) in [6, 6.07) is 1.27. The summed E-state index contributed by atoms with van der Waals surface area (Å²) in [5.41, 5.74) is 0. The molecule has 0 heterocycles. The van der Waals surface area contributed by atoms with E-state index in [1.165, 1.54) is 25.7 Å². The molecule has 0 aliphatic heterocycles. The third kappa shape index (κ3) is 4.64. The molecule has 1 fully saturated rings. The van der Waals surface area contributed by atoms with Gasteiger partial charge in [0.05, 0.1) is 6.54 Å². The van der Waals surface area contributed by atoms with Crippen molar-refractivity contribution in [1.82, 2.24) is 15.1 Å². The molecule has 0 saturated heterocycles. The van der Waals surface area contributed by atoms with Crippen LogP contribution in [-0.2, 0) is 4.79 Å². The van der Waals surface area contributed by atoms with Crippen LogP contribution in [-0.4, -0.2) is 62.0 Å². The predicted octanol–water partition coefficient (Wildman–Crippen LogP) is 0.927. The van der Waals surface area contributed by atoms with Gasteiger partial charge in [0.1, 0.15) is 0 Å². The second-order valence-corrected chi connectivity index (χ2v) is 5.27. The van der Waals surface area contributed by atoms with Crippen molar-refractivity contribution < 1.29 is 4.79 Å². The van der Waals surface area contributed by atoms with Crippen LogP contribution in [0.4, 0.5) is 0 Å². The number of carbonyl (C=O) groups is 1. The molecule has 0 radical (unpaired) electrons. The molecule has 1 rings (SSSR count). The van der Waals surface area contributed by atoms with Crippen molar-refractivity contribution >= 4 is 5.91 Å². The minimum atomic E-state index is 0.196. The molecule has 17 heavy (non-hydrogen) atoms. The summed E-state index contributed by atoms with van der Waals surface area (Å²) < 4.78 is 0. The topological polar surface area (TPSA) is 35.6 Å². The van der Waals surface area contributed by atoms with Crippen LogP contribution in [0.5, 0.6) is 0 Å². The van der Waals surface area contributed by atoms with Crippen LogP contribution >= 0.6 is 0 Å². The summed E-state index contributed by atoms with van der Waals surface area (Å²) >= 11 is 0. The molecule has 0 aromatic rings. The third-order valence-corrected chi connectivity index (χ3v) is 3.70. The number of hydrogen-bond donors (Lipinski definition) is 1. The molecule has 4 heteroatoms. The molecule has 0 aromatic carbocycles. The first-order valence-corrected chi connectivity index (χ1v) is 6.68. The summed E-state index contributed by atoms with van der Waals surface area (Å²) in [5.74, 6) is 0.196. The van der Waals surface area contributed by atoms with Gasteiger partial charge in [0.2, 0.25) is 5.91 Å². The fourth-order valence-corrected chi connectivity index (χ4v) is 2.49. The lowest BCUT2D eigenvalue weighted by molar-refractivity contribution is -0.130. The number of nitrogens with zero attached hydrogens (tertiary/aromatic N) is 2. The molecular weight excluding hydrogens is 214 g/mol. The molecule has 0 bridgehead atoms. The van der Waals surface area contributed by atoms with Crippen LogP contribution < -0.4 is 5.32 Å². The molecule has 1 amide bonds. The Hall–Kier alpha value is -0.610. The van der Waals surface area contributed by atoms with E-state index in [1.807, 2.05) is 14.1 Å².